The van der Waals surface area contributed by atoms with Gasteiger partial charge in [0.15, 0.2) is 11.5 Å². The lowest BCUT2D eigenvalue weighted by Gasteiger charge is -2.19. The number of ether oxygens (including phenoxy) is 2. The number of hydrogen-bond donors (Lipinski definition) is 2. The Kier molecular flexibility index (Phi) is 4.16. The van der Waals surface area contributed by atoms with Crippen molar-refractivity contribution in [3.63, 3.8) is 0 Å². The minimum atomic E-state index is -0.848. The van der Waals surface area contributed by atoms with Crippen molar-refractivity contribution in [2.45, 2.75) is 17.1 Å². The molecule has 1 aromatic rings. The Labute approximate surface area is 114 Å². The standard InChI is InChI=1S/C12H14N2O4S/c1-7(11(15)14-12(13)16)19-8-2-3-9-10(6-8)18-5-4-17-9/h2-3,6-7H,4-5H2,1H3,(H3,13,14,15,16)/t7-/m1/s1. The Hall–Kier alpha value is -1.89. The van der Waals surface area contributed by atoms with E-state index in [1.165, 1.54) is 11.8 Å². The van der Waals surface area contributed by atoms with Crippen LogP contribution in [0, 0.1) is 0 Å². The van der Waals surface area contributed by atoms with E-state index in [1.54, 1.807) is 13.0 Å². The van der Waals surface area contributed by atoms with Gasteiger partial charge in [0.2, 0.25) is 5.91 Å². The average Bonchev–Trinajstić information content (AvgIpc) is 2.37. The zero-order chi connectivity index (χ0) is 13.8. The van der Waals surface area contributed by atoms with Crippen molar-refractivity contribution >= 4 is 23.7 Å². The molecule has 0 unspecified atom stereocenters. The average molecular weight is 282 g/mol. The summed E-state index contributed by atoms with van der Waals surface area (Å²) in [6.07, 6.45) is 0. The lowest BCUT2D eigenvalue weighted by molar-refractivity contribution is -0.119. The molecule has 0 saturated heterocycles. The summed E-state index contributed by atoms with van der Waals surface area (Å²) in [6, 6.07) is 4.61. The van der Waals surface area contributed by atoms with Crippen molar-refractivity contribution < 1.29 is 19.1 Å². The highest BCUT2D eigenvalue weighted by Gasteiger charge is 2.18. The van der Waals surface area contributed by atoms with E-state index in [4.69, 9.17) is 15.2 Å². The number of nitrogens with one attached hydrogen (secondary N) is 1. The van der Waals surface area contributed by atoms with Crippen molar-refractivity contribution in [3.8, 4) is 11.5 Å². The molecule has 0 bridgehead atoms. The summed E-state index contributed by atoms with van der Waals surface area (Å²) in [6.45, 7) is 2.75. The second-order valence-corrected chi connectivity index (χ2v) is 5.33. The topological polar surface area (TPSA) is 90.7 Å². The molecular weight excluding hydrogens is 268 g/mol. The molecule has 1 heterocycles. The SMILES string of the molecule is C[C@@H](Sc1ccc2c(c1)OCCO2)C(=O)NC(N)=O. The summed E-state index contributed by atoms with van der Waals surface area (Å²) < 4.78 is 10.9. The Morgan fingerprint density at radius 2 is 2.00 bits per heavy atom. The highest BCUT2D eigenvalue weighted by atomic mass is 32.2. The molecule has 0 aliphatic carbocycles. The van der Waals surface area contributed by atoms with Gasteiger partial charge in [-0.3, -0.25) is 10.1 Å². The monoisotopic (exact) mass is 282 g/mol. The molecule has 7 heteroatoms. The van der Waals surface area contributed by atoms with Crippen LogP contribution in [-0.2, 0) is 4.79 Å². The molecule has 0 aromatic heterocycles. The molecule has 1 atom stereocenters. The fraction of sp³-hybridized carbons (Fsp3) is 0.333. The number of rotatable bonds is 3. The smallest absolute Gasteiger partial charge is 0.318 e. The number of nitrogens with two attached hydrogens (primary N) is 1. The zero-order valence-electron chi connectivity index (χ0n) is 10.3. The van der Waals surface area contributed by atoms with Gasteiger partial charge in [0, 0.05) is 4.90 Å². The molecule has 0 saturated carbocycles. The molecule has 6 nitrogen and oxygen atoms in total. The zero-order valence-corrected chi connectivity index (χ0v) is 11.2. The number of urea groups is 1. The molecule has 19 heavy (non-hydrogen) atoms. The van der Waals surface area contributed by atoms with Gasteiger partial charge in [-0.2, -0.15) is 0 Å². The van der Waals surface area contributed by atoms with Gasteiger partial charge < -0.3 is 15.2 Å². The van der Waals surface area contributed by atoms with Gasteiger partial charge >= 0.3 is 6.03 Å². The highest BCUT2D eigenvalue weighted by Crippen LogP contribution is 2.35. The number of thioether (sulfide) groups is 1. The summed E-state index contributed by atoms with van der Waals surface area (Å²) in [5.41, 5.74) is 4.90. The first-order valence-corrected chi connectivity index (χ1v) is 6.61. The number of amides is 3. The largest absolute Gasteiger partial charge is 0.486 e. The lowest BCUT2D eigenvalue weighted by Crippen LogP contribution is -2.39. The Morgan fingerprint density at radius 1 is 1.32 bits per heavy atom. The van der Waals surface area contributed by atoms with Crippen molar-refractivity contribution in [2.75, 3.05) is 13.2 Å². The van der Waals surface area contributed by atoms with Gasteiger partial charge in [0.05, 0.1) is 5.25 Å². The number of fused-ring (bicyclic) bond motifs is 1. The summed E-state index contributed by atoms with van der Waals surface area (Å²) in [5.74, 6) is 0.941. The highest BCUT2D eigenvalue weighted by molar-refractivity contribution is 8.00. The summed E-state index contributed by atoms with van der Waals surface area (Å²) >= 11 is 1.31. The minimum absolute atomic E-state index is 0.424. The Bertz CT molecular complexity index is 507. The summed E-state index contributed by atoms with van der Waals surface area (Å²) in [5, 5.41) is 1.61. The van der Waals surface area contributed by atoms with Gasteiger partial charge in [-0.25, -0.2) is 4.79 Å². The van der Waals surface area contributed by atoms with E-state index in [0.29, 0.717) is 24.7 Å². The van der Waals surface area contributed by atoms with E-state index in [1.807, 2.05) is 17.4 Å². The quantitative estimate of drug-likeness (QED) is 0.811. The van der Waals surface area contributed by atoms with Crippen molar-refractivity contribution in [1.29, 1.82) is 0 Å². The van der Waals surface area contributed by atoms with Crippen molar-refractivity contribution in [3.05, 3.63) is 18.2 Å². The van der Waals surface area contributed by atoms with Crippen LogP contribution in [0.5, 0.6) is 11.5 Å². The molecule has 3 amide bonds. The Balaban J connectivity index is 2.02. The summed E-state index contributed by atoms with van der Waals surface area (Å²) in [7, 11) is 0. The third-order valence-electron chi connectivity index (χ3n) is 2.44. The van der Waals surface area contributed by atoms with Gasteiger partial charge in [0.1, 0.15) is 13.2 Å². The van der Waals surface area contributed by atoms with Crippen LogP contribution in [0.2, 0.25) is 0 Å². The number of carbonyl (C=O) groups is 2. The van der Waals surface area contributed by atoms with Gasteiger partial charge in [-0.05, 0) is 25.1 Å². The lowest BCUT2D eigenvalue weighted by atomic mass is 10.3. The maximum absolute atomic E-state index is 11.6. The molecule has 1 aliphatic rings. The predicted molar refractivity (Wildman–Crippen MR) is 70.5 cm³/mol. The second-order valence-electron chi connectivity index (χ2n) is 3.92. The van der Waals surface area contributed by atoms with Crippen LogP contribution in [0.1, 0.15) is 6.92 Å². The van der Waals surface area contributed by atoms with Gasteiger partial charge in [-0.15, -0.1) is 11.8 Å². The molecule has 0 radical (unpaired) electrons. The fourth-order valence-electron chi connectivity index (χ4n) is 1.58. The minimum Gasteiger partial charge on any atom is -0.486 e. The van der Waals surface area contributed by atoms with Crippen LogP contribution in [-0.4, -0.2) is 30.4 Å². The van der Waals surface area contributed by atoms with E-state index in [0.717, 1.165) is 4.90 Å². The number of benzene rings is 1. The van der Waals surface area contributed by atoms with Crippen LogP contribution in [0.3, 0.4) is 0 Å². The molecular formula is C12H14N2O4S. The van der Waals surface area contributed by atoms with E-state index in [9.17, 15) is 9.59 Å². The van der Waals surface area contributed by atoms with E-state index in [-0.39, 0.29) is 0 Å². The molecule has 0 spiro atoms. The third kappa shape index (κ3) is 3.54. The number of carbonyl (C=O) groups excluding carboxylic acids is 2. The first-order valence-electron chi connectivity index (χ1n) is 5.73. The molecule has 1 aliphatic heterocycles. The first kappa shape index (κ1) is 13.5. The van der Waals surface area contributed by atoms with Crippen LogP contribution in [0.25, 0.3) is 0 Å². The summed E-state index contributed by atoms with van der Waals surface area (Å²) in [4.78, 5) is 23.0. The molecule has 0 fully saturated rings. The van der Waals surface area contributed by atoms with Gasteiger partial charge in [0.25, 0.3) is 0 Å². The molecule has 102 valence electrons. The molecule has 3 N–H and O–H groups in total. The second kappa shape index (κ2) is 5.83. The number of primary amides is 1. The van der Waals surface area contributed by atoms with Crippen LogP contribution >= 0.6 is 11.8 Å². The van der Waals surface area contributed by atoms with Crippen LogP contribution in [0.4, 0.5) is 4.79 Å². The van der Waals surface area contributed by atoms with E-state index < -0.39 is 17.2 Å². The maximum Gasteiger partial charge on any atom is 0.318 e. The van der Waals surface area contributed by atoms with E-state index in [2.05, 4.69) is 0 Å². The van der Waals surface area contributed by atoms with Crippen molar-refractivity contribution in [2.24, 2.45) is 5.73 Å². The third-order valence-corrected chi connectivity index (χ3v) is 3.54. The number of hydrogen-bond acceptors (Lipinski definition) is 5. The predicted octanol–water partition coefficient (Wildman–Crippen LogP) is 1.13. The normalized spacial score (nSPS) is 14.6. The van der Waals surface area contributed by atoms with E-state index >= 15 is 0 Å². The van der Waals surface area contributed by atoms with Gasteiger partial charge in [-0.1, -0.05) is 0 Å². The fourth-order valence-corrected chi connectivity index (χ4v) is 2.47. The maximum atomic E-state index is 11.6. The van der Waals surface area contributed by atoms with Crippen molar-refractivity contribution in [1.82, 2.24) is 5.32 Å². The first-order chi connectivity index (χ1) is 9.06. The molecule has 1 aromatic carbocycles. The number of imide groups is 1. The van der Waals surface area contributed by atoms with Crippen LogP contribution < -0.4 is 20.5 Å². The van der Waals surface area contributed by atoms with Crippen LogP contribution in [0.15, 0.2) is 23.1 Å². The Morgan fingerprint density at radius 3 is 2.68 bits per heavy atom. The molecule has 2 rings (SSSR count).